The monoisotopic (exact) mass is 222 g/mol. The van der Waals surface area contributed by atoms with Crippen LogP contribution in [0.1, 0.15) is 38.4 Å². The summed E-state index contributed by atoms with van der Waals surface area (Å²) in [5, 5.41) is 9.31. The van der Waals surface area contributed by atoms with Gasteiger partial charge in [0, 0.05) is 6.54 Å². The summed E-state index contributed by atoms with van der Waals surface area (Å²) in [6, 6.07) is 0. The van der Waals surface area contributed by atoms with Gasteiger partial charge in [0.05, 0.1) is 0 Å². The maximum absolute atomic E-state index is 12.3. The molecule has 0 amide bonds. The Hall–Kier alpha value is -1.14. The summed E-state index contributed by atoms with van der Waals surface area (Å²) in [6.45, 7) is 2.26. The van der Waals surface area contributed by atoms with E-state index < -0.39 is 12.0 Å². The molecule has 0 fully saturated rings. The number of aromatic nitrogens is 4. The van der Waals surface area contributed by atoms with Gasteiger partial charge in [-0.25, -0.2) is 4.68 Å². The lowest BCUT2D eigenvalue weighted by Gasteiger charge is -2.06. The Morgan fingerprint density at radius 3 is 2.53 bits per heavy atom. The average molecular weight is 222 g/mol. The van der Waals surface area contributed by atoms with E-state index in [4.69, 9.17) is 0 Å². The van der Waals surface area contributed by atoms with Gasteiger partial charge in [0.1, 0.15) is 0 Å². The maximum atomic E-state index is 12.3. The highest BCUT2D eigenvalue weighted by Crippen LogP contribution is 2.26. The highest BCUT2D eigenvalue weighted by atomic mass is 19.4. The first-order valence-electron chi connectivity index (χ1n) is 4.89. The fourth-order valence-electron chi connectivity index (χ4n) is 1.25. The summed E-state index contributed by atoms with van der Waals surface area (Å²) in [4.78, 5) is 0. The molecule has 0 aromatic carbocycles. The predicted octanol–water partition coefficient (Wildman–Crippen LogP) is 2.27. The van der Waals surface area contributed by atoms with E-state index in [1.807, 2.05) is 6.92 Å². The summed E-state index contributed by atoms with van der Waals surface area (Å²) >= 11 is 0. The molecule has 1 aromatic heterocycles. The van der Waals surface area contributed by atoms with Gasteiger partial charge in [0.15, 0.2) is 0 Å². The molecule has 0 aliphatic carbocycles. The van der Waals surface area contributed by atoms with Gasteiger partial charge in [0.25, 0.3) is 5.82 Å². The molecule has 1 heterocycles. The summed E-state index contributed by atoms with van der Waals surface area (Å²) in [5.41, 5.74) is 0. The zero-order valence-corrected chi connectivity index (χ0v) is 8.46. The number of hydrogen-bond acceptors (Lipinski definition) is 3. The van der Waals surface area contributed by atoms with Crippen LogP contribution in [0.2, 0.25) is 0 Å². The minimum absolute atomic E-state index is 0.224. The normalized spacial score (nSPS) is 12.0. The first kappa shape index (κ1) is 11.9. The van der Waals surface area contributed by atoms with Crippen LogP contribution in [0, 0.1) is 0 Å². The van der Waals surface area contributed by atoms with Gasteiger partial charge in [-0.3, -0.25) is 0 Å². The molecule has 0 saturated heterocycles. The van der Waals surface area contributed by atoms with Crippen LogP contribution in [0.4, 0.5) is 13.2 Å². The Kier molecular flexibility index (Phi) is 4.05. The molecule has 0 atom stereocenters. The van der Waals surface area contributed by atoms with Gasteiger partial charge < -0.3 is 0 Å². The van der Waals surface area contributed by atoms with E-state index in [0.29, 0.717) is 6.42 Å². The third-order valence-corrected chi connectivity index (χ3v) is 2.01. The lowest BCUT2D eigenvalue weighted by molar-refractivity contribution is -0.148. The standard InChI is InChI=1S/C8H13F3N4/c1-2-3-4-5-6-15-7(8(9,10)11)12-13-14-15/h2-6H2,1H3. The molecule has 1 aromatic rings. The van der Waals surface area contributed by atoms with E-state index in [0.717, 1.165) is 23.9 Å². The fourth-order valence-corrected chi connectivity index (χ4v) is 1.25. The van der Waals surface area contributed by atoms with E-state index in [1.165, 1.54) is 0 Å². The molecule has 0 aliphatic rings. The second kappa shape index (κ2) is 5.09. The Bertz CT molecular complexity index is 294. The van der Waals surface area contributed by atoms with Gasteiger partial charge in [0.2, 0.25) is 0 Å². The van der Waals surface area contributed by atoms with E-state index in [1.54, 1.807) is 0 Å². The van der Waals surface area contributed by atoms with Crippen molar-refractivity contribution >= 4 is 0 Å². The minimum atomic E-state index is -4.46. The molecule has 0 unspecified atom stereocenters. The molecule has 0 radical (unpaired) electrons. The Morgan fingerprint density at radius 2 is 1.93 bits per heavy atom. The first-order valence-corrected chi connectivity index (χ1v) is 4.89. The van der Waals surface area contributed by atoms with Crippen LogP contribution < -0.4 is 0 Å². The molecule has 4 nitrogen and oxygen atoms in total. The highest BCUT2D eigenvalue weighted by molar-refractivity contribution is 4.86. The SMILES string of the molecule is CCCCCCn1nnnc1C(F)(F)F. The van der Waals surface area contributed by atoms with Gasteiger partial charge in [-0.05, 0) is 16.8 Å². The van der Waals surface area contributed by atoms with E-state index in [-0.39, 0.29) is 6.54 Å². The molecule has 0 aliphatic heterocycles. The average Bonchev–Trinajstić information content (AvgIpc) is 2.59. The maximum Gasteiger partial charge on any atom is 0.453 e. The van der Waals surface area contributed by atoms with Crippen LogP contribution in [-0.2, 0) is 12.7 Å². The summed E-state index contributed by atoms with van der Waals surface area (Å²) < 4.78 is 37.7. The van der Waals surface area contributed by atoms with Gasteiger partial charge in [-0.15, -0.1) is 5.10 Å². The summed E-state index contributed by atoms with van der Waals surface area (Å²) in [6.07, 6.45) is -0.838. The van der Waals surface area contributed by atoms with Crippen LogP contribution in [-0.4, -0.2) is 20.2 Å². The summed E-state index contributed by atoms with van der Waals surface area (Å²) in [5.74, 6) is -1.01. The van der Waals surface area contributed by atoms with Crippen LogP contribution in [0.5, 0.6) is 0 Å². The van der Waals surface area contributed by atoms with E-state index >= 15 is 0 Å². The van der Waals surface area contributed by atoms with Crippen molar-refractivity contribution in [1.82, 2.24) is 20.2 Å². The lowest BCUT2D eigenvalue weighted by atomic mass is 10.2. The molecule has 1 rings (SSSR count). The number of nitrogens with zero attached hydrogens (tertiary/aromatic N) is 4. The van der Waals surface area contributed by atoms with Gasteiger partial charge in [-0.2, -0.15) is 13.2 Å². The number of tetrazole rings is 1. The van der Waals surface area contributed by atoms with Crippen molar-refractivity contribution in [2.75, 3.05) is 0 Å². The molecule has 0 spiro atoms. The zero-order chi connectivity index (χ0) is 11.3. The van der Waals surface area contributed by atoms with Crippen molar-refractivity contribution in [2.24, 2.45) is 0 Å². The predicted molar refractivity (Wildman–Crippen MR) is 47.0 cm³/mol. The molecule has 0 saturated carbocycles. The molecular weight excluding hydrogens is 209 g/mol. The fraction of sp³-hybridized carbons (Fsp3) is 0.875. The third kappa shape index (κ3) is 3.49. The molecule has 0 N–H and O–H groups in total. The zero-order valence-electron chi connectivity index (χ0n) is 8.46. The molecular formula is C8H13F3N4. The highest BCUT2D eigenvalue weighted by Gasteiger charge is 2.37. The lowest BCUT2D eigenvalue weighted by Crippen LogP contribution is -2.16. The Labute approximate surface area is 85.5 Å². The molecule has 86 valence electrons. The van der Waals surface area contributed by atoms with Crippen LogP contribution >= 0.6 is 0 Å². The number of alkyl halides is 3. The van der Waals surface area contributed by atoms with Gasteiger partial charge >= 0.3 is 6.18 Å². The first-order chi connectivity index (χ1) is 7.05. The third-order valence-electron chi connectivity index (χ3n) is 2.01. The van der Waals surface area contributed by atoms with Crippen LogP contribution in [0.25, 0.3) is 0 Å². The largest absolute Gasteiger partial charge is 0.453 e. The van der Waals surface area contributed by atoms with Crippen molar-refractivity contribution in [3.8, 4) is 0 Å². The number of aryl methyl sites for hydroxylation is 1. The minimum Gasteiger partial charge on any atom is -0.222 e. The smallest absolute Gasteiger partial charge is 0.222 e. The van der Waals surface area contributed by atoms with Crippen molar-refractivity contribution in [1.29, 1.82) is 0 Å². The summed E-state index contributed by atoms with van der Waals surface area (Å²) in [7, 11) is 0. The quantitative estimate of drug-likeness (QED) is 0.718. The second-order valence-electron chi connectivity index (χ2n) is 3.28. The Morgan fingerprint density at radius 1 is 1.20 bits per heavy atom. The van der Waals surface area contributed by atoms with E-state index in [2.05, 4.69) is 15.5 Å². The molecule has 7 heteroatoms. The van der Waals surface area contributed by atoms with Crippen molar-refractivity contribution in [3.63, 3.8) is 0 Å². The van der Waals surface area contributed by atoms with Gasteiger partial charge in [-0.1, -0.05) is 26.2 Å². The Balaban J connectivity index is 2.51. The number of unbranched alkanes of at least 4 members (excludes halogenated alkanes) is 3. The molecule has 0 bridgehead atoms. The van der Waals surface area contributed by atoms with Crippen molar-refractivity contribution in [3.05, 3.63) is 5.82 Å². The number of rotatable bonds is 5. The second-order valence-corrected chi connectivity index (χ2v) is 3.28. The number of halogens is 3. The molecule has 15 heavy (non-hydrogen) atoms. The topological polar surface area (TPSA) is 43.6 Å². The van der Waals surface area contributed by atoms with Crippen molar-refractivity contribution in [2.45, 2.75) is 45.3 Å². The number of hydrogen-bond donors (Lipinski definition) is 0. The van der Waals surface area contributed by atoms with E-state index in [9.17, 15) is 13.2 Å². The van der Waals surface area contributed by atoms with Crippen LogP contribution in [0.15, 0.2) is 0 Å². The van der Waals surface area contributed by atoms with Crippen molar-refractivity contribution < 1.29 is 13.2 Å². The van der Waals surface area contributed by atoms with Crippen LogP contribution in [0.3, 0.4) is 0 Å².